The van der Waals surface area contributed by atoms with Gasteiger partial charge >= 0.3 is 0 Å². The van der Waals surface area contributed by atoms with E-state index in [0.717, 1.165) is 11.1 Å². The van der Waals surface area contributed by atoms with Crippen LogP contribution in [0.4, 0.5) is 5.69 Å². The van der Waals surface area contributed by atoms with Crippen molar-refractivity contribution in [3.8, 4) is 0 Å². The highest BCUT2D eigenvalue weighted by atomic mass is 79.9. The predicted octanol–water partition coefficient (Wildman–Crippen LogP) is 3.83. The van der Waals surface area contributed by atoms with Gasteiger partial charge in [-0.15, -0.1) is 0 Å². The lowest BCUT2D eigenvalue weighted by molar-refractivity contribution is 0.0939. The van der Waals surface area contributed by atoms with E-state index in [0.29, 0.717) is 15.7 Å². The lowest BCUT2D eigenvalue weighted by Gasteiger charge is -2.17. The van der Waals surface area contributed by atoms with Gasteiger partial charge in [0.25, 0.3) is 5.91 Å². The Bertz CT molecular complexity index is 640. The molecule has 0 aliphatic heterocycles. The second kappa shape index (κ2) is 6.09. The summed E-state index contributed by atoms with van der Waals surface area (Å²) in [5, 5.41) is 3.00. The molecule has 0 saturated heterocycles. The Labute approximate surface area is 127 Å². The molecule has 0 spiro atoms. The minimum Gasteiger partial charge on any atom is -0.398 e. The number of carbonyl (C=O) groups excluding carboxylic acids is 1. The van der Waals surface area contributed by atoms with Crippen molar-refractivity contribution in [3.05, 3.63) is 63.6 Å². The number of hydrogen-bond acceptors (Lipinski definition) is 2. The monoisotopic (exact) mass is 332 g/mol. The van der Waals surface area contributed by atoms with Crippen LogP contribution in [-0.2, 0) is 0 Å². The number of amides is 1. The molecule has 3 N–H and O–H groups in total. The number of nitrogens with one attached hydrogen (secondary N) is 1. The maximum absolute atomic E-state index is 12.3. The summed E-state index contributed by atoms with van der Waals surface area (Å²) in [6, 6.07) is 13.2. The Morgan fingerprint density at radius 3 is 2.60 bits per heavy atom. The van der Waals surface area contributed by atoms with E-state index in [9.17, 15) is 4.79 Å². The van der Waals surface area contributed by atoms with Crippen LogP contribution in [0.3, 0.4) is 0 Å². The molecule has 1 unspecified atom stereocenters. The van der Waals surface area contributed by atoms with E-state index in [-0.39, 0.29) is 11.9 Å². The topological polar surface area (TPSA) is 55.1 Å². The molecule has 0 bridgehead atoms. The zero-order chi connectivity index (χ0) is 14.7. The molecule has 1 atom stereocenters. The second-order valence-electron chi connectivity index (χ2n) is 4.76. The highest BCUT2D eigenvalue weighted by Crippen LogP contribution is 2.25. The summed E-state index contributed by atoms with van der Waals surface area (Å²) in [6.07, 6.45) is 0. The number of rotatable bonds is 3. The first-order chi connectivity index (χ1) is 9.50. The van der Waals surface area contributed by atoms with Crippen LogP contribution in [0, 0.1) is 6.92 Å². The normalized spacial score (nSPS) is 11.9. The third-order valence-corrected chi connectivity index (χ3v) is 4.16. The third kappa shape index (κ3) is 3.02. The largest absolute Gasteiger partial charge is 0.398 e. The molecule has 1 amide bonds. The first-order valence-corrected chi connectivity index (χ1v) is 7.20. The molecule has 0 heterocycles. The number of nitrogens with two attached hydrogens (primary N) is 1. The number of hydrogen-bond donors (Lipinski definition) is 2. The van der Waals surface area contributed by atoms with Crippen LogP contribution in [0.1, 0.15) is 34.5 Å². The maximum atomic E-state index is 12.3. The van der Waals surface area contributed by atoms with Crippen LogP contribution < -0.4 is 11.1 Å². The van der Waals surface area contributed by atoms with E-state index in [4.69, 9.17) is 5.73 Å². The molecule has 104 valence electrons. The summed E-state index contributed by atoms with van der Waals surface area (Å²) in [5.41, 5.74) is 9.17. The number of halogens is 1. The van der Waals surface area contributed by atoms with Crippen LogP contribution >= 0.6 is 15.9 Å². The highest BCUT2D eigenvalue weighted by molar-refractivity contribution is 9.10. The van der Waals surface area contributed by atoms with E-state index in [1.54, 1.807) is 18.2 Å². The first kappa shape index (κ1) is 14.6. The minimum atomic E-state index is -0.139. The predicted molar refractivity (Wildman–Crippen MR) is 85.6 cm³/mol. The molecule has 2 rings (SSSR count). The molecule has 0 aromatic heterocycles. The summed E-state index contributed by atoms with van der Waals surface area (Å²) in [4.78, 5) is 12.3. The summed E-state index contributed by atoms with van der Waals surface area (Å²) >= 11 is 3.36. The van der Waals surface area contributed by atoms with Crippen LogP contribution in [-0.4, -0.2) is 5.91 Å². The van der Waals surface area contributed by atoms with Gasteiger partial charge < -0.3 is 11.1 Å². The first-order valence-electron chi connectivity index (χ1n) is 6.41. The van der Waals surface area contributed by atoms with Gasteiger partial charge in [0.15, 0.2) is 0 Å². The molecule has 0 radical (unpaired) electrons. The number of aryl methyl sites for hydroxylation is 1. The molecule has 0 aliphatic carbocycles. The van der Waals surface area contributed by atoms with Crippen LogP contribution in [0.2, 0.25) is 0 Å². The lowest BCUT2D eigenvalue weighted by Crippen LogP contribution is -2.27. The number of carbonyl (C=O) groups is 1. The molecule has 2 aromatic carbocycles. The number of benzene rings is 2. The quantitative estimate of drug-likeness (QED) is 0.839. The van der Waals surface area contributed by atoms with Gasteiger partial charge in [0.05, 0.1) is 16.1 Å². The van der Waals surface area contributed by atoms with E-state index >= 15 is 0 Å². The van der Waals surface area contributed by atoms with Crippen molar-refractivity contribution in [3.63, 3.8) is 0 Å². The van der Waals surface area contributed by atoms with Gasteiger partial charge in [-0.2, -0.15) is 0 Å². The molecular formula is C16H17BrN2O. The van der Waals surface area contributed by atoms with Crippen LogP contribution in [0.15, 0.2) is 46.9 Å². The molecule has 20 heavy (non-hydrogen) atoms. The SMILES string of the molecule is Cc1ccccc1C(C)NC(=O)c1cccc(N)c1Br. The third-order valence-electron chi connectivity index (χ3n) is 3.28. The summed E-state index contributed by atoms with van der Waals surface area (Å²) < 4.78 is 0.634. The van der Waals surface area contributed by atoms with Crippen molar-refractivity contribution in [2.45, 2.75) is 19.9 Å². The molecule has 3 nitrogen and oxygen atoms in total. The molecule has 0 saturated carbocycles. The minimum absolute atomic E-state index is 0.0583. The number of anilines is 1. The van der Waals surface area contributed by atoms with Crippen molar-refractivity contribution in [1.82, 2.24) is 5.32 Å². The zero-order valence-corrected chi connectivity index (χ0v) is 13.1. The van der Waals surface area contributed by atoms with Crippen molar-refractivity contribution in [1.29, 1.82) is 0 Å². The lowest BCUT2D eigenvalue weighted by atomic mass is 10.0. The van der Waals surface area contributed by atoms with Gasteiger partial charge in [-0.1, -0.05) is 30.3 Å². The maximum Gasteiger partial charge on any atom is 0.252 e. The van der Waals surface area contributed by atoms with Gasteiger partial charge in [-0.25, -0.2) is 0 Å². The van der Waals surface area contributed by atoms with Crippen LogP contribution in [0.25, 0.3) is 0 Å². The van der Waals surface area contributed by atoms with Gasteiger partial charge in [0.1, 0.15) is 0 Å². The van der Waals surface area contributed by atoms with Crippen molar-refractivity contribution >= 4 is 27.5 Å². The Morgan fingerprint density at radius 1 is 1.20 bits per heavy atom. The molecule has 2 aromatic rings. The van der Waals surface area contributed by atoms with Crippen LogP contribution in [0.5, 0.6) is 0 Å². The van der Waals surface area contributed by atoms with Gasteiger partial charge in [0, 0.05) is 5.69 Å². The Balaban J connectivity index is 2.20. The van der Waals surface area contributed by atoms with Gasteiger partial charge in [0.2, 0.25) is 0 Å². The number of nitrogen functional groups attached to an aromatic ring is 1. The van der Waals surface area contributed by atoms with Crippen molar-refractivity contribution in [2.24, 2.45) is 0 Å². The molecule has 0 fully saturated rings. The molecule has 0 aliphatic rings. The highest BCUT2D eigenvalue weighted by Gasteiger charge is 2.15. The van der Waals surface area contributed by atoms with E-state index < -0.39 is 0 Å². The summed E-state index contributed by atoms with van der Waals surface area (Å²) in [5.74, 6) is -0.139. The van der Waals surface area contributed by atoms with E-state index in [1.165, 1.54) is 0 Å². The molecule has 4 heteroatoms. The fraction of sp³-hybridized carbons (Fsp3) is 0.188. The fourth-order valence-corrected chi connectivity index (χ4v) is 2.59. The summed E-state index contributed by atoms with van der Waals surface area (Å²) in [7, 11) is 0. The average Bonchev–Trinajstić information content (AvgIpc) is 2.42. The second-order valence-corrected chi connectivity index (χ2v) is 5.55. The standard InChI is InChI=1S/C16H17BrN2O/c1-10-6-3-4-7-12(10)11(2)19-16(20)13-8-5-9-14(18)15(13)17/h3-9,11H,18H2,1-2H3,(H,19,20). The van der Waals surface area contributed by atoms with Crippen molar-refractivity contribution < 1.29 is 4.79 Å². The van der Waals surface area contributed by atoms with Gasteiger partial charge in [-0.05, 0) is 53.0 Å². The average molecular weight is 333 g/mol. The Kier molecular flexibility index (Phi) is 4.45. The Morgan fingerprint density at radius 2 is 1.90 bits per heavy atom. The Hall–Kier alpha value is -1.81. The van der Waals surface area contributed by atoms with Crippen molar-refractivity contribution in [2.75, 3.05) is 5.73 Å². The van der Waals surface area contributed by atoms with E-state index in [1.807, 2.05) is 38.1 Å². The van der Waals surface area contributed by atoms with Gasteiger partial charge in [-0.3, -0.25) is 4.79 Å². The van der Waals surface area contributed by atoms with E-state index in [2.05, 4.69) is 21.2 Å². The fourth-order valence-electron chi connectivity index (χ4n) is 2.15. The smallest absolute Gasteiger partial charge is 0.252 e. The summed E-state index contributed by atoms with van der Waals surface area (Å²) in [6.45, 7) is 4.01. The molecular weight excluding hydrogens is 316 g/mol. The zero-order valence-electron chi connectivity index (χ0n) is 11.5.